The zero-order chi connectivity index (χ0) is 36.0. The predicted octanol–water partition coefficient (Wildman–Crippen LogP) is 2.86. The second kappa shape index (κ2) is 18.5. The van der Waals surface area contributed by atoms with Crippen molar-refractivity contribution in [1.29, 1.82) is 0 Å². The van der Waals surface area contributed by atoms with E-state index >= 15 is 0 Å². The molecule has 0 N–H and O–H groups in total. The van der Waals surface area contributed by atoms with E-state index in [1.54, 1.807) is 0 Å². The SMILES string of the molecule is COC(=O)[C@@]1(OCCN(Cc2ccccc2)C(=O)OCc2ccccc2)C[C@@H](OC(C)=O)[C@@H](OC(C)=O)C([C@@H](COC(C)=O)OC(C)=O)O1. The van der Waals surface area contributed by atoms with Gasteiger partial charge in [0.25, 0.3) is 5.79 Å². The van der Waals surface area contributed by atoms with Crippen LogP contribution in [0.15, 0.2) is 60.7 Å². The standard InChI is InChI=1S/C34H41NO14/c1-22(36)43-21-29(47-24(3)38)31-30(48-25(4)39)28(46-23(2)37)18-34(49-31,32(40)42-5)45-17-16-35(19-26-12-8-6-9-13-26)33(41)44-20-27-14-10-7-11-15-27/h6-15,28-31H,16-21H2,1-5H3/t28-,29-,30-,31?,34-/m1/s1. The zero-order valence-electron chi connectivity index (χ0n) is 28.0. The molecule has 0 saturated carbocycles. The molecule has 0 bridgehead atoms. The van der Waals surface area contributed by atoms with Crippen LogP contribution in [-0.2, 0) is 75.0 Å². The van der Waals surface area contributed by atoms with Crippen LogP contribution in [-0.4, -0.2) is 97.9 Å². The maximum atomic E-state index is 13.4. The summed E-state index contributed by atoms with van der Waals surface area (Å²) >= 11 is 0. The van der Waals surface area contributed by atoms with Crippen molar-refractivity contribution >= 4 is 35.9 Å². The van der Waals surface area contributed by atoms with Gasteiger partial charge in [0.2, 0.25) is 0 Å². The van der Waals surface area contributed by atoms with Gasteiger partial charge < -0.3 is 42.8 Å². The Morgan fingerprint density at radius 3 is 1.98 bits per heavy atom. The fourth-order valence-electron chi connectivity index (χ4n) is 5.09. The Kier molecular flexibility index (Phi) is 14.5. The van der Waals surface area contributed by atoms with Crippen LogP contribution in [0.25, 0.3) is 0 Å². The topological polar surface area (TPSA) is 180 Å². The maximum Gasteiger partial charge on any atom is 0.410 e. The quantitative estimate of drug-likeness (QED) is 0.197. The summed E-state index contributed by atoms with van der Waals surface area (Å²) in [6.07, 6.45) is -7.11. The second-order valence-electron chi connectivity index (χ2n) is 11.0. The molecule has 1 amide bonds. The van der Waals surface area contributed by atoms with Crippen LogP contribution in [0.3, 0.4) is 0 Å². The molecule has 49 heavy (non-hydrogen) atoms. The van der Waals surface area contributed by atoms with E-state index in [2.05, 4.69) is 0 Å². The molecule has 2 aromatic carbocycles. The molecule has 15 heteroatoms. The molecule has 1 saturated heterocycles. The summed E-state index contributed by atoms with van der Waals surface area (Å²) in [5, 5.41) is 0. The van der Waals surface area contributed by atoms with E-state index in [0.717, 1.165) is 45.9 Å². The highest BCUT2D eigenvalue weighted by Crippen LogP contribution is 2.37. The van der Waals surface area contributed by atoms with Gasteiger partial charge in [-0.1, -0.05) is 60.7 Å². The summed E-state index contributed by atoms with van der Waals surface area (Å²) in [6, 6.07) is 18.2. The van der Waals surface area contributed by atoms with E-state index in [-0.39, 0.29) is 26.3 Å². The number of nitrogens with zero attached hydrogens (tertiary/aromatic N) is 1. The van der Waals surface area contributed by atoms with Gasteiger partial charge in [-0.25, -0.2) is 9.59 Å². The van der Waals surface area contributed by atoms with Crippen molar-refractivity contribution in [2.24, 2.45) is 0 Å². The molecule has 5 atom stereocenters. The lowest BCUT2D eigenvalue weighted by Gasteiger charge is -2.46. The molecule has 1 unspecified atom stereocenters. The summed E-state index contributed by atoms with van der Waals surface area (Å²) in [5.74, 6) is -6.61. The first-order chi connectivity index (χ1) is 23.3. The molecule has 0 spiro atoms. The minimum Gasteiger partial charge on any atom is -0.465 e. The molecular weight excluding hydrogens is 646 g/mol. The summed E-state index contributed by atoms with van der Waals surface area (Å²) in [5.41, 5.74) is 1.55. The molecule has 0 aromatic heterocycles. The van der Waals surface area contributed by atoms with Crippen molar-refractivity contribution < 1.29 is 66.7 Å². The highest BCUT2D eigenvalue weighted by atomic mass is 16.8. The summed E-state index contributed by atoms with van der Waals surface area (Å²) < 4.78 is 44.1. The van der Waals surface area contributed by atoms with Gasteiger partial charge in [-0.15, -0.1) is 0 Å². The largest absolute Gasteiger partial charge is 0.465 e. The van der Waals surface area contributed by atoms with Gasteiger partial charge in [0.15, 0.2) is 12.2 Å². The third-order valence-electron chi connectivity index (χ3n) is 7.11. The smallest absolute Gasteiger partial charge is 0.410 e. The Balaban J connectivity index is 1.94. The second-order valence-corrected chi connectivity index (χ2v) is 11.0. The van der Waals surface area contributed by atoms with Gasteiger partial charge in [0.1, 0.15) is 25.4 Å². The first-order valence-corrected chi connectivity index (χ1v) is 15.4. The average molecular weight is 688 g/mol. The molecule has 0 radical (unpaired) electrons. The van der Waals surface area contributed by atoms with Crippen molar-refractivity contribution in [3.8, 4) is 0 Å². The fraction of sp³-hybridized carbons (Fsp3) is 0.471. The van der Waals surface area contributed by atoms with E-state index in [9.17, 15) is 28.8 Å². The molecule has 266 valence electrons. The van der Waals surface area contributed by atoms with Gasteiger partial charge in [-0.3, -0.25) is 19.2 Å². The van der Waals surface area contributed by atoms with Crippen LogP contribution < -0.4 is 0 Å². The number of benzene rings is 2. The third kappa shape index (κ3) is 11.9. The molecule has 1 heterocycles. The molecule has 3 rings (SSSR count). The molecule has 1 fully saturated rings. The molecule has 15 nitrogen and oxygen atoms in total. The Hall–Kier alpha value is -5.02. The number of esters is 5. The normalized spacial score (nSPS) is 20.6. The summed E-state index contributed by atoms with van der Waals surface area (Å²) in [6.45, 7) is 3.45. The van der Waals surface area contributed by atoms with Crippen LogP contribution in [0.1, 0.15) is 45.2 Å². The van der Waals surface area contributed by atoms with Gasteiger partial charge in [-0.05, 0) is 11.1 Å². The van der Waals surface area contributed by atoms with E-state index in [4.69, 9.17) is 37.9 Å². The van der Waals surface area contributed by atoms with Gasteiger partial charge in [-0.2, -0.15) is 0 Å². The molecule has 0 aliphatic carbocycles. The Morgan fingerprint density at radius 1 is 0.816 bits per heavy atom. The molecule has 1 aliphatic rings. The molecule has 1 aliphatic heterocycles. The highest BCUT2D eigenvalue weighted by Gasteiger charge is 2.59. The van der Waals surface area contributed by atoms with Crippen molar-refractivity contribution in [2.45, 2.75) is 77.5 Å². The van der Waals surface area contributed by atoms with Crippen molar-refractivity contribution in [2.75, 3.05) is 26.9 Å². The Labute approximate surface area is 283 Å². The maximum absolute atomic E-state index is 13.4. The van der Waals surface area contributed by atoms with E-state index in [1.807, 2.05) is 60.7 Å². The van der Waals surface area contributed by atoms with Crippen molar-refractivity contribution in [3.05, 3.63) is 71.8 Å². The van der Waals surface area contributed by atoms with E-state index in [1.165, 1.54) is 4.90 Å². The summed E-state index contributed by atoms with van der Waals surface area (Å²) in [4.78, 5) is 76.3. The number of hydrogen-bond acceptors (Lipinski definition) is 14. The molecule has 2 aromatic rings. The monoisotopic (exact) mass is 687 g/mol. The fourth-order valence-corrected chi connectivity index (χ4v) is 5.09. The Morgan fingerprint density at radius 2 is 1.43 bits per heavy atom. The predicted molar refractivity (Wildman–Crippen MR) is 167 cm³/mol. The number of carbonyl (C=O) groups is 6. The van der Waals surface area contributed by atoms with Gasteiger partial charge >= 0.3 is 35.9 Å². The van der Waals surface area contributed by atoms with Gasteiger partial charge in [0, 0.05) is 40.8 Å². The van der Waals surface area contributed by atoms with Crippen molar-refractivity contribution in [1.82, 2.24) is 4.90 Å². The lowest BCUT2D eigenvalue weighted by atomic mass is 9.91. The third-order valence-corrected chi connectivity index (χ3v) is 7.11. The minimum absolute atomic E-state index is 0.00415. The van der Waals surface area contributed by atoms with Crippen LogP contribution in [0.4, 0.5) is 4.79 Å². The van der Waals surface area contributed by atoms with Crippen molar-refractivity contribution in [3.63, 3.8) is 0 Å². The van der Waals surface area contributed by atoms with Crippen LogP contribution in [0.5, 0.6) is 0 Å². The lowest BCUT2D eigenvalue weighted by molar-refractivity contribution is -0.327. The van der Waals surface area contributed by atoms with Crippen LogP contribution in [0.2, 0.25) is 0 Å². The minimum atomic E-state index is -2.35. The molecular formula is C34H41NO14. The number of rotatable bonds is 15. The number of amides is 1. The number of ether oxygens (including phenoxy) is 8. The number of methoxy groups -OCH3 is 1. The number of carbonyl (C=O) groups excluding carboxylic acids is 6. The van der Waals surface area contributed by atoms with Crippen LogP contribution >= 0.6 is 0 Å². The Bertz CT molecular complexity index is 1430. The van der Waals surface area contributed by atoms with E-state index in [0.29, 0.717) is 0 Å². The van der Waals surface area contributed by atoms with Gasteiger partial charge in [0.05, 0.1) is 20.1 Å². The summed E-state index contributed by atoms with van der Waals surface area (Å²) in [7, 11) is 1.07. The number of hydrogen-bond donors (Lipinski definition) is 0. The lowest BCUT2D eigenvalue weighted by Crippen LogP contribution is -2.65. The van der Waals surface area contributed by atoms with E-state index < -0.39 is 79.2 Å². The average Bonchev–Trinajstić information content (AvgIpc) is 3.06. The highest BCUT2D eigenvalue weighted by molar-refractivity contribution is 5.78. The first kappa shape index (κ1) is 38.4. The van der Waals surface area contributed by atoms with Crippen LogP contribution in [0, 0.1) is 0 Å². The zero-order valence-corrected chi connectivity index (χ0v) is 28.0. The first-order valence-electron chi connectivity index (χ1n) is 15.4.